The number of aromatic nitrogens is 4. The summed E-state index contributed by atoms with van der Waals surface area (Å²) >= 11 is 0. The first-order valence-corrected chi connectivity index (χ1v) is 8.48. The smallest absolute Gasteiger partial charge is 0.256 e. The second kappa shape index (κ2) is 7.42. The van der Waals surface area contributed by atoms with Crippen LogP contribution in [0.25, 0.3) is 5.69 Å². The Balaban J connectivity index is 1.69. The summed E-state index contributed by atoms with van der Waals surface area (Å²) in [7, 11) is 0. The average molecular weight is 342 g/mol. The van der Waals surface area contributed by atoms with Crippen LogP contribution < -0.4 is 5.32 Å². The first kappa shape index (κ1) is 17.1. The highest BCUT2D eigenvalue weighted by Crippen LogP contribution is 2.22. The van der Waals surface area contributed by atoms with Crippen LogP contribution in [0.4, 0.5) is 0 Å². The minimum absolute atomic E-state index is 0.0267. The lowest BCUT2D eigenvalue weighted by Gasteiger charge is -2.32. The quantitative estimate of drug-likeness (QED) is 0.896. The van der Waals surface area contributed by atoms with E-state index < -0.39 is 0 Å². The SMILES string of the molecule is CC(C)NC(=O)C1CCN(C(=O)c2ccccc2-n2cnnn2)CC1. The van der Waals surface area contributed by atoms with Gasteiger partial charge in [0.25, 0.3) is 5.91 Å². The van der Waals surface area contributed by atoms with E-state index in [1.807, 2.05) is 32.0 Å². The number of hydrogen-bond donors (Lipinski definition) is 1. The molecular formula is C17H22N6O2. The van der Waals surface area contributed by atoms with Gasteiger partial charge < -0.3 is 10.2 Å². The minimum Gasteiger partial charge on any atom is -0.354 e. The van der Waals surface area contributed by atoms with Gasteiger partial charge in [-0.2, -0.15) is 4.68 Å². The molecule has 2 aromatic rings. The van der Waals surface area contributed by atoms with Crippen molar-refractivity contribution in [3.63, 3.8) is 0 Å². The van der Waals surface area contributed by atoms with Gasteiger partial charge in [0, 0.05) is 25.0 Å². The highest BCUT2D eigenvalue weighted by atomic mass is 16.2. The molecule has 1 N–H and O–H groups in total. The summed E-state index contributed by atoms with van der Waals surface area (Å²) in [6.45, 7) is 5.04. The van der Waals surface area contributed by atoms with Crippen molar-refractivity contribution in [1.29, 1.82) is 0 Å². The Morgan fingerprint density at radius 2 is 1.92 bits per heavy atom. The van der Waals surface area contributed by atoms with Gasteiger partial charge in [-0.15, -0.1) is 5.10 Å². The molecule has 8 nitrogen and oxygen atoms in total. The van der Waals surface area contributed by atoms with Gasteiger partial charge in [-0.3, -0.25) is 9.59 Å². The van der Waals surface area contributed by atoms with E-state index in [2.05, 4.69) is 20.8 Å². The number of carbonyl (C=O) groups excluding carboxylic acids is 2. The van der Waals surface area contributed by atoms with Gasteiger partial charge in [0.05, 0.1) is 11.3 Å². The van der Waals surface area contributed by atoms with Gasteiger partial charge in [0.2, 0.25) is 5.91 Å². The van der Waals surface area contributed by atoms with Crippen molar-refractivity contribution in [3.8, 4) is 5.69 Å². The van der Waals surface area contributed by atoms with Crippen LogP contribution in [0.3, 0.4) is 0 Å². The molecule has 0 aliphatic carbocycles. The molecule has 2 heterocycles. The summed E-state index contributed by atoms with van der Waals surface area (Å²) < 4.78 is 1.48. The second-order valence-electron chi connectivity index (χ2n) is 6.50. The van der Waals surface area contributed by atoms with Crippen molar-refractivity contribution in [2.75, 3.05) is 13.1 Å². The van der Waals surface area contributed by atoms with Crippen LogP contribution in [0.5, 0.6) is 0 Å². The Morgan fingerprint density at radius 1 is 1.20 bits per heavy atom. The summed E-state index contributed by atoms with van der Waals surface area (Å²) in [6, 6.07) is 7.39. The highest BCUT2D eigenvalue weighted by molar-refractivity contribution is 5.97. The fourth-order valence-corrected chi connectivity index (χ4v) is 3.04. The fraction of sp³-hybridized carbons (Fsp3) is 0.471. The predicted octanol–water partition coefficient (Wildman–Crippen LogP) is 1.04. The molecule has 1 aromatic carbocycles. The largest absolute Gasteiger partial charge is 0.354 e. The molecule has 0 spiro atoms. The highest BCUT2D eigenvalue weighted by Gasteiger charge is 2.29. The molecule has 1 aromatic heterocycles. The first-order chi connectivity index (χ1) is 12.1. The molecule has 25 heavy (non-hydrogen) atoms. The maximum atomic E-state index is 12.9. The lowest BCUT2D eigenvalue weighted by Crippen LogP contribution is -2.44. The molecule has 0 atom stereocenters. The molecular weight excluding hydrogens is 320 g/mol. The number of benzene rings is 1. The molecule has 0 bridgehead atoms. The van der Waals surface area contributed by atoms with E-state index in [-0.39, 0.29) is 23.8 Å². The Labute approximate surface area is 146 Å². The number of rotatable bonds is 4. The summed E-state index contributed by atoms with van der Waals surface area (Å²) in [5.41, 5.74) is 1.21. The van der Waals surface area contributed by atoms with Crippen LogP contribution >= 0.6 is 0 Å². The molecule has 1 saturated heterocycles. The third-order valence-corrected chi connectivity index (χ3v) is 4.31. The Morgan fingerprint density at radius 3 is 2.56 bits per heavy atom. The van der Waals surface area contributed by atoms with Crippen molar-refractivity contribution in [1.82, 2.24) is 30.4 Å². The van der Waals surface area contributed by atoms with Gasteiger partial charge in [0.1, 0.15) is 6.33 Å². The molecule has 3 rings (SSSR count). The molecule has 0 saturated carbocycles. The fourth-order valence-electron chi connectivity index (χ4n) is 3.04. The monoisotopic (exact) mass is 342 g/mol. The zero-order valence-corrected chi connectivity index (χ0v) is 14.4. The van der Waals surface area contributed by atoms with Crippen LogP contribution in [0, 0.1) is 5.92 Å². The number of nitrogens with one attached hydrogen (secondary N) is 1. The third kappa shape index (κ3) is 3.84. The van der Waals surface area contributed by atoms with E-state index in [0.717, 1.165) is 0 Å². The normalized spacial score (nSPS) is 15.4. The number of carbonyl (C=O) groups is 2. The zero-order valence-electron chi connectivity index (χ0n) is 14.4. The van der Waals surface area contributed by atoms with Gasteiger partial charge >= 0.3 is 0 Å². The first-order valence-electron chi connectivity index (χ1n) is 8.48. The van der Waals surface area contributed by atoms with Crippen molar-refractivity contribution in [2.45, 2.75) is 32.7 Å². The molecule has 1 aliphatic rings. The number of tetrazole rings is 1. The standard InChI is InChI=1S/C17H22N6O2/c1-12(2)19-16(24)13-7-9-22(10-8-13)17(25)14-5-3-4-6-15(14)23-11-18-20-21-23/h3-6,11-13H,7-10H2,1-2H3,(H,19,24). The van der Waals surface area contributed by atoms with E-state index in [9.17, 15) is 9.59 Å². The maximum absolute atomic E-state index is 12.9. The molecule has 0 unspecified atom stereocenters. The molecule has 1 aliphatic heterocycles. The van der Waals surface area contributed by atoms with Crippen LogP contribution in [-0.2, 0) is 4.79 Å². The molecule has 2 amide bonds. The number of likely N-dealkylation sites (tertiary alicyclic amines) is 1. The molecule has 132 valence electrons. The van der Waals surface area contributed by atoms with Crippen LogP contribution in [-0.4, -0.2) is 56.1 Å². The number of nitrogens with zero attached hydrogens (tertiary/aromatic N) is 5. The minimum atomic E-state index is -0.0613. The summed E-state index contributed by atoms with van der Waals surface area (Å²) in [5, 5.41) is 14.1. The van der Waals surface area contributed by atoms with Crippen LogP contribution in [0.15, 0.2) is 30.6 Å². The summed E-state index contributed by atoms with van der Waals surface area (Å²) in [6.07, 6.45) is 2.82. The second-order valence-corrected chi connectivity index (χ2v) is 6.50. The van der Waals surface area contributed by atoms with Crippen molar-refractivity contribution < 1.29 is 9.59 Å². The topological polar surface area (TPSA) is 93.0 Å². The number of para-hydroxylation sites is 1. The van der Waals surface area contributed by atoms with E-state index >= 15 is 0 Å². The van der Waals surface area contributed by atoms with Gasteiger partial charge in [-0.25, -0.2) is 0 Å². The van der Waals surface area contributed by atoms with Crippen molar-refractivity contribution in [2.24, 2.45) is 5.92 Å². The average Bonchev–Trinajstić information content (AvgIpc) is 3.15. The zero-order chi connectivity index (χ0) is 17.8. The van der Waals surface area contributed by atoms with E-state index in [1.54, 1.807) is 11.0 Å². The van der Waals surface area contributed by atoms with Gasteiger partial charge in [-0.05, 0) is 49.2 Å². The number of piperidine rings is 1. The Hall–Kier alpha value is -2.77. The van der Waals surface area contributed by atoms with E-state index in [0.29, 0.717) is 37.2 Å². The van der Waals surface area contributed by atoms with E-state index in [1.165, 1.54) is 11.0 Å². The Kier molecular flexibility index (Phi) is 5.06. The van der Waals surface area contributed by atoms with Gasteiger partial charge in [-0.1, -0.05) is 12.1 Å². The Bertz CT molecular complexity index is 735. The molecule has 8 heteroatoms. The van der Waals surface area contributed by atoms with Crippen molar-refractivity contribution >= 4 is 11.8 Å². The number of hydrogen-bond acceptors (Lipinski definition) is 5. The van der Waals surface area contributed by atoms with Gasteiger partial charge in [0.15, 0.2) is 0 Å². The van der Waals surface area contributed by atoms with Crippen LogP contribution in [0.2, 0.25) is 0 Å². The lowest BCUT2D eigenvalue weighted by molar-refractivity contribution is -0.126. The predicted molar refractivity (Wildman–Crippen MR) is 91.1 cm³/mol. The van der Waals surface area contributed by atoms with Crippen LogP contribution in [0.1, 0.15) is 37.0 Å². The molecule has 0 radical (unpaired) electrons. The lowest BCUT2D eigenvalue weighted by atomic mass is 9.95. The van der Waals surface area contributed by atoms with E-state index in [4.69, 9.17) is 0 Å². The number of amides is 2. The third-order valence-electron chi connectivity index (χ3n) is 4.31. The summed E-state index contributed by atoms with van der Waals surface area (Å²) in [4.78, 5) is 26.8. The van der Waals surface area contributed by atoms with Crippen molar-refractivity contribution in [3.05, 3.63) is 36.2 Å². The maximum Gasteiger partial charge on any atom is 0.256 e. The summed E-state index contributed by atoms with van der Waals surface area (Å²) in [5.74, 6) is -0.00813. The molecule has 1 fully saturated rings.